The molecule has 6 heteroatoms. The molecule has 0 saturated heterocycles. The Kier molecular flexibility index (Phi) is 5.06. The van der Waals surface area contributed by atoms with Crippen LogP contribution < -0.4 is 11.0 Å². The number of rotatable bonds is 5. The summed E-state index contributed by atoms with van der Waals surface area (Å²) < 4.78 is 0.389. The minimum absolute atomic E-state index is 0.290. The van der Waals surface area contributed by atoms with Crippen molar-refractivity contribution in [3.05, 3.63) is 56.9 Å². The predicted molar refractivity (Wildman–Crippen MR) is 84.1 cm³/mol. The number of nitrogens with one attached hydrogen (secondary N) is 2. The molecule has 1 aromatic carbocycles. The quantitative estimate of drug-likeness (QED) is 0.651. The van der Waals surface area contributed by atoms with Crippen LogP contribution in [0, 0.1) is 0 Å². The van der Waals surface area contributed by atoms with E-state index < -0.39 is 0 Å². The third kappa shape index (κ3) is 3.54. The van der Waals surface area contributed by atoms with E-state index in [0.29, 0.717) is 10.2 Å². The first-order chi connectivity index (χ1) is 9.72. The number of H-pyrrole nitrogens is 1. The number of anilines is 1. The van der Waals surface area contributed by atoms with E-state index in [2.05, 4.69) is 43.6 Å². The Hall–Kier alpha value is -1.95. The van der Waals surface area contributed by atoms with Gasteiger partial charge in [-0.1, -0.05) is 43.7 Å². The van der Waals surface area contributed by atoms with Gasteiger partial charge in [0.1, 0.15) is 4.47 Å². The Morgan fingerprint density at radius 2 is 2.15 bits per heavy atom. The second kappa shape index (κ2) is 7.00. The molecule has 1 heterocycles. The van der Waals surface area contributed by atoms with Crippen molar-refractivity contribution >= 4 is 27.3 Å². The summed E-state index contributed by atoms with van der Waals surface area (Å²) in [5.41, 5.74) is 5.16. The smallest absolute Gasteiger partial charge is 0.275 e. The van der Waals surface area contributed by atoms with Gasteiger partial charge in [-0.05, 0) is 27.9 Å². The molecule has 0 fully saturated rings. The van der Waals surface area contributed by atoms with Crippen LogP contribution >= 0.6 is 15.9 Å². The predicted octanol–water partition coefficient (Wildman–Crippen LogP) is 3.15. The number of aromatic nitrogens is 2. The van der Waals surface area contributed by atoms with E-state index in [9.17, 15) is 4.79 Å². The Labute approximate surface area is 125 Å². The molecule has 1 aromatic heterocycles. The van der Waals surface area contributed by atoms with Gasteiger partial charge in [-0.25, -0.2) is 5.10 Å². The lowest BCUT2D eigenvalue weighted by Crippen LogP contribution is -2.11. The Morgan fingerprint density at radius 3 is 2.85 bits per heavy atom. The van der Waals surface area contributed by atoms with E-state index in [1.54, 1.807) is 0 Å². The summed E-state index contributed by atoms with van der Waals surface area (Å²) in [6, 6.07) is 9.96. The van der Waals surface area contributed by atoms with Gasteiger partial charge in [-0.3, -0.25) is 10.2 Å². The van der Waals surface area contributed by atoms with E-state index >= 15 is 0 Å². The molecule has 104 valence electrons. The van der Waals surface area contributed by atoms with Gasteiger partial charge in [-0.15, -0.1) is 0 Å². The number of benzene rings is 1. The fourth-order valence-corrected chi connectivity index (χ4v) is 2.00. The van der Waals surface area contributed by atoms with Crippen molar-refractivity contribution in [2.45, 2.75) is 19.8 Å². The molecule has 0 atom stereocenters. The maximum atomic E-state index is 11.4. The van der Waals surface area contributed by atoms with Gasteiger partial charge in [-0.2, -0.15) is 10.2 Å². The summed E-state index contributed by atoms with van der Waals surface area (Å²) in [5.74, 6) is 0. The van der Waals surface area contributed by atoms with E-state index in [4.69, 9.17) is 0 Å². The second-order valence-corrected chi connectivity index (χ2v) is 5.01. The van der Waals surface area contributed by atoms with Crippen molar-refractivity contribution in [1.82, 2.24) is 10.2 Å². The summed E-state index contributed by atoms with van der Waals surface area (Å²) in [7, 11) is 0. The van der Waals surface area contributed by atoms with E-state index in [0.717, 1.165) is 24.1 Å². The molecule has 2 aromatic rings. The van der Waals surface area contributed by atoms with E-state index in [1.165, 1.54) is 6.20 Å². The molecule has 2 rings (SSSR count). The normalized spacial score (nSPS) is 11.4. The van der Waals surface area contributed by atoms with E-state index in [-0.39, 0.29) is 5.56 Å². The molecule has 0 unspecified atom stereocenters. The van der Waals surface area contributed by atoms with Crippen LogP contribution in [0.1, 0.15) is 25.3 Å². The molecule has 0 aliphatic rings. The summed E-state index contributed by atoms with van der Waals surface area (Å²) in [5, 5.41) is 10.5. The van der Waals surface area contributed by atoms with Crippen molar-refractivity contribution in [1.29, 1.82) is 0 Å². The second-order valence-electron chi connectivity index (χ2n) is 4.21. The molecular formula is C14H15BrN4O. The monoisotopic (exact) mass is 334 g/mol. The van der Waals surface area contributed by atoms with Gasteiger partial charge >= 0.3 is 0 Å². The fraction of sp³-hybridized carbons (Fsp3) is 0.214. The van der Waals surface area contributed by atoms with Gasteiger partial charge < -0.3 is 0 Å². The third-order valence-electron chi connectivity index (χ3n) is 2.70. The number of halogens is 1. The highest BCUT2D eigenvalue weighted by atomic mass is 79.9. The average Bonchev–Trinajstić information content (AvgIpc) is 2.48. The zero-order valence-electron chi connectivity index (χ0n) is 11.1. The topological polar surface area (TPSA) is 70.1 Å². The number of hydrogen-bond acceptors (Lipinski definition) is 4. The van der Waals surface area contributed by atoms with Crippen LogP contribution in [0.4, 0.5) is 5.69 Å². The van der Waals surface area contributed by atoms with Crippen LogP contribution in [0.5, 0.6) is 0 Å². The molecule has 0 saturated carbocycles. The molecule has 0 radical (unpaired) electrons. The molecule has 20 heavy (non-hydrogen) atoms. The summed E-state index contributed by atoms with van der Waals surface area (Å²) in [6.07, 6.45) is 3.36. The van der Waals surface area contributed by atoms with Crippen molar-refractivity contribution in [3.63, 3.8) is 0 Å². The van der Waals surface area contributed by atoms with Gasteiger partial charge in [0.15, 0.2) is 0 Å². The molecular weight excluding hydrogens is 320 g/mol. The first kappa shape index (κ1) is 14.5. The standard InChI is InChI=1S/C14H15BrN4O/c1-2-6-11(10-7-4-3-5-8-10)17-18-12-9-16-19-14(20)13(12)15/h3-5,7-9H,2,6H2,1H3,(H2,18,19,20). The number of aromatic amines is 1. The van der Waals surface area contributed by atoms with Crippen molar-refractivity contribution < 1.29 is 0 Å². The first-order valence-corrected chi connectivity index (χ1v) is 7.13. The van der Waals surface area contributed by atoms with Gasteiger partial charge in [0.2, 0.25) is 0 Å². The SMILES string of the molecule is CCCC(=NNc1cn[nH]c(=O)c1Br)c1ccccc1. The lowest BCUT2D eigenvalue weighted by Gasteiger charge is -2.07. The fourth-order valence-electron chi connectivity index (χ4n) is 1.72. The maximum Gasteiger partial charge on any atom is 0.280 e. The average molecular weight is 335 g/mol. The van der Waals surface area contributed by atoms with Crippen molar-refractivity contribution in [3.8, 4) is 0 Å². The maximum absolute atomic E-state index is 11.4. The van der Waals surface area contributed by atoms with Crippen LogP contribution in [0.25, 0.3) is 0 Å². The van der Waals surface area contributed by atoms with Gasteiger partial charge in [0.25, 0.3) is 5.56 Å². The third-order valence-corrected chi connectivity index (χ3v) is 3.49. The molecule has 0 amide bonds. The molecule has 5 nitrogen and oxygen atoms in total. The highest BCUT2D eigenvalue weighted by molar-refractivity contribution is 9.10. The van der Waals surface area contributed by atoms with Crippen LogP contribution in [-0.2, 0) is 0 Å². The molecule has 0 aliphatic heterocycles. The van der Waals surface area contributed by atoms with Crippen molar-refractivity contribution in [2.75, 3.05) is 5.43 Å². The molecule has 0 bridgehead atoms. The van der Waals surface area contributed by atoms with Crippen LogP contribution in [0.15, 0.2) is 50.9 Å². The number of hydrogen-bond donors (Lipinski definition) is 2. The summed E-state index contributed by atoms with van der Waals surface area (Å²) >= 11 is 3.21. The highest BCUT2D eigenvalue weighted by Gasteiger charge is 2.05. The zero-order chi connectivity index (χ0) is 14.4. The van der Waals surface area contributed by atoms with Crippen LogP contribution in [-0.4, -0.2) is 15.9 Å². The minimum atomic E-state index is -0.290. The minimum Gasteiger partial charge on any atom is -0.275 e. The Morgan fingerprint density at radius 1 is 1.40 bits per heavy atom. The zero-order valence-corrected chi connectivity index (χ0v) is 12.6. The van der Waals surface area contributed by atoms with Gasteiger partial charge in [0.05, 0.1) is 17.6 Å². The Balaban J connectivity index is 2.26. The largest absolute Gasteiger partial charge is 0.280 e. The number of nitrogens with zero attached hydrogens (tertiary/aromatic N) is 2. The molecule has 2 N–H and O–H groups in total. The lowest BCUT2D eigenvalue weighted by molar-refractivity contribution is 0.970. The Bertz CT molecular complexity index is 652. The summed E-state index contributed by atoms with van der Waals surface area (Å²) in [4.78, 5) is 11.4. The first-order valence-electron chi connectivity index (χ1n) is 6.33. The van der Waals surface area contributed by atoms with Crippen molar-refractivity contribution in [2.24, 2.45) is 5.10 Å². The summed E-state index contributed by atoms with van der Waals surface area (Å²) in [6.45, 7) is 2.10. The molecule has 0 aliphatic carbocycles. The lowest BCUT2D eigenvalue weighted by atomic mass is 10.1. The van der Waals surface area contributed by atoms with Crippen LogP contribution in [0.2, 0.25) is 0 Å². The highest BCUT2D eigenvalue weighted by Crippen LogP contribution is 2.16. The molecule has 0 spiro atoms. The number of hydrazone groups is 1. The van der Waals surface area contributed by atoms with E-state index in [1.807, 2.05) is 30.3 Å². The van der Waals surface area contributed by atoms with Crippen LogP contribution in [0.3, 0.4) is 0 Å². The van der Waals surface area contributed by atoms with Gasteiger partial charge in [0, 0.05) is 0 Å².